The summed E-state index contributed by atoms with van der Waals surface area (Å²) in [6.07, 6.45) is 0. The molecule has 0 fully saturated rings. The van der Waals surface area contributed by atoms with Crippen LogP contribution in [0, 0.1) is 0 Å². The van der Waals surface area contributed by atoms with Crippen molar-refractivity contribution in [1.29, 1.82) is 0 Å². The molecule has 0 atom stereocenters. The lowest BCUT2D eigenvalue weighted by molar-refractivity contribution is 0.288. The van der Waals surface area contributed by atoms with Crippen molar-refractivity contribution in [3.63, 3.8) is 0 Å². The largest absolute Gasteiger partial charge is 0.707 e. The lowest BCUT2D eigenvalue weighted by Crippen LogP contribution is -2.20. The summed E-state index contributed by atoms with van der Waals surface area (Å²) in [6, 6.07) is 14.4. The Kier molecular flexibility index (Phi) is 4.44. The first-order valence-electron chi connectivity index (χ1n) is 5.87. The van der Waals surface area contributed by atoms with Crippen LogP contribution in [0.5, 0.6) is 5.75 Å². The summed E-state index contributed by atoms with van der Waals surface area (Å²) in [4.78, 5) is 0.154. The van der Waals surface area contributed by atoms with E-state index in [1.807, 2.05) is 6.07 Å². The highest BCUT2D eigenvalue weighted by Crippen LogP contribution is 2.20. The van der Waals surface area contributed by atoms with Crippen LogP contribution in [0.15, 0.2) is 59.5 Å². The fourth-order valence-electron chi connectivity index (χ4n) is 1.72. The molecule has 2 aromatic carbocycles. The van der Waals surface area contributed by atoms with Gasteiger partial charge in [0.15, 0.2) is 9.84 Å². The van der Waals surface area contributed by atoms with E-state index in [1.165, 1.54) is 24.3 Å². The highest BCUT2D eigenvalue weighted by molar-refractivity contribution is 7.90. The maximum Gasteiger partial charge on any atom is 0.707 e. The second-order valence-electron chi connectivity index (χ2n) is 4.16. The molecule has 7 heteroatoms. The number of rotatable bonds is 5. The van der Waals surface area contributed by atoms with Crippen molar-refractivity contribution >= 4 is 17.2 Å². The molecule has 20 heavy (non-hydrogen) atoms. The Morgan fingerprint density at radius 3 is 2.10 bits per heavy atom. The fraction of sp³-hybridized carbons (Fsp3) is 0.0769. The third kappa shape index (κ3) is 3.83. The summed E-state index contributed by atoms with van der Waals surface area (Å²) in [6.45, 7) is 0. The molecule has 0 spiro atoms. The molecule has 0 saturated carbocycles. The number of sulfone groups is 1. The molecular weight excluding hydrogens is 279 g/mol. The third-order valence-corrected chi connectivity index (χ3v) is 4.33. The summed E-state index contributed by atoms with van der Waals surface area (Å²) in [5, 5.41) is 17.3. The molecular formula is C13H13BO5S. The van der Waals surface area contributed by atoms with Crippen molar-refractivity contribution in [3.8, 4) is 5.75 Å². The van der Waals surface area contributed by atoms with E-state index in [2.05, 4.69) is 4.65 Å². The highest BCUT2D eigenvalue weighted by Gasteiger charge is 2.16. The topological polar surface area (TPSA) is 83.8 Å². The van der Waals surface area contributed by atoms with Gasteiger partial charge in [-0.05, 0) is 29.8 Å². The molecule has 2 rings (SSSR count). The fourth-order valence-corrected chi connectivity index (χ4v) is 3.07. The first kappa shape index (κ1) is 14.6. The van der Waals surface area contributed by atoms with Gasteiger partial charge in [0.05, 0.1) is 10.6 Å². The molecule has 2 aromatic rings. The van der Waals surface area contributed by atoms with E-state index >= 15 is 0 Å². The van der Waals surface area contributed by atoms with Gasteiger partial charge < -0.3 is 14.7 Å². The maximum absolute atomic E-state index is 12.2. The molecule has 0 aromatic heterocycles. The molecule has 0 aliphatic heterocycles. The Hall–Kier alpha value is -1.83. The minimum atomic E-state index is -3.44. The van der Waals surface area contributed by atoms with Crippen LogP contribution in [0.2, 0.25) is 0 Å². The molecule has 0 unspecified atom stereocenters. The zero-order valence-corrected chi connectivity index (χ0v) is 11.3. The first-order chi connectivity index (χ1) is 9.47. The van der Waals surface area contributed by atoms with Crippen LogP contribution in [0.3, 0.4) is 0 Å². The van der Waals surface area contributed by atoms with E-state index in [0.717, 1.165) is 0 Å². The maximum atomic E-state index is 12.2. The standard InChI is InChI=1S/C13H13BO5S/c15-14(16)19-12-6-8-13(9-7-12)20(17,18)10-11-4-2-1-3-5-11/h1-9,15-16H,10H2. The Bertz CT molecular complexity index is 653. The predicted molar refractivity (Wildman–Crippen MR) is 74.6 cm³/mol. The highest BCUT2D eigenvalue weighted by atomic mass is 32.2. The zero-order valence-electron chi connectivity index (χ0n) is 10.5. The average molecular weight is 292 g/mol. The molecule has 104 valence electrons. The normalized spacial score (nSPS) is 11.1. The summed E-state index contributed by atoms with van der Waals surface area (Å²) >= 11 is 0. The molecule has 0 saturated heterocycles. The molecule has 0 heterocycles. The lowest BCUT2D eigenvalue weighted by Gasteiger charge is -2.07. The van der Waals surface area contributed by atoms with Gasteiger partial charge in [0.2, 0.25) is 0 Å². The quantitative estimate of drug-likeness (QED) is 0.803. The van der Waals surface area contributed by atoms with Crippen LogP contribution in [0.25, 0.3) is 0 Å². The predicted octanol–water partition coefficient (Wildman–Crippen LogP) is 1.01. The average Bonchev–Trinajstić information content (AvgIpc) is 2.39. The van der Waals surface area contributed by atoms with Gasteiger partial charge in [-0.25, -0.2) is 8.42 Å². The van der Waals surface area contributed by atoms with Crippen LogP contribution >= 0.6 is 0 Å². The van der Waals surface area contributed by atoms with Crippen molar-refractivity contribution in [2.75, 3.05) is 0 Å². The van der Waals surface area contributed by atoms with Crippen molar-refractivity contribution < 1.29 is 23.1 Å². The van der Waals surface area contributed by atoms with Crippen LogP contribution < -0.4 is 4.65 Å². The first-order valence-corrected chi connectivity index (χ1v) is 7.52. The van der Waals surface area contributed by atoms with Gasteiger partial charge in [-0.1, -0.05) is 30.3 Å². The van der Waals surface area contributed by atoms with Crippen LogP contribution in [-0.2, 0) is 15.6 Å². The van der Waals surface area contributed by atoms with Crippen LogP contribution in [0.4, 0.5) is 0 Å². The van der Waals surface area contributed by atoms with Gasteiger partial charge in [-0.15, -0.1) is 0 Å². The molecule has 0 amide bonds. The van der Waals surface area contributed by atoms with Crippen molar-refractivity contribution in [2.45, 2.75) is 10.6 Å². The summed E-state index contributed by atoms with van der Waals surface area (Å²) < 4.78 is 29.0. The van der Waals surface area contributed by atoms with Crippen molar-refractivity contribution in [3.05, 3.63) is 60.2 Å². The van der Waals surface area contributed by atoms with Gasteiger partial charge >= 0.3 is 7.32 Å². The Balaban J connectivity index is 2.17. The van der Waals surface area contributed by atoms with E-state index < -0.39 is 17.2 Å². The molecule has 5 nitrogen and oxygen atoms in total. The molecule has 2 N–H and O–H groups in total. The van der Waals surface area contributed by atoms with Gasteiger partial charge in [-0.2, -0.15) is 0 Å². The summed E-state index contributed by atoms with van der Waals surface area (Å²) in [5.41, 5.74) is 0.707. The Labute approximate surface area is 117 Å². The van der Waals surface area contributed by atoms with Crippen molar-refractivity contribution in [1.82, 2.24) is 0 Å². The van der Waals surface area contributed by atoms with Crippen LogP contribution in [-0.4, -0.2) is 25.8 Å². The second-order valence-corrected chi connectivity index (χ2v) is 6.15. The number of benzene rings is 2. The smallest absolute Gasteiger partial charge is 0.512 e. The Morgan fingerprint density at radius 1 is 0.950 bits per heavy atom. The van der Waals surface area contributed by atoms with Crippen molar-refractivity contribution in [2.24, 2.45) is 0 Å². The van der Waals surface area contributed by atoms with Gasteiger partial charge in [0.1, 0.15) is 5.75 Å². The summed E-state index contributed by atoms with van der Waals surface area (Å²) in [7, 11) is -5.37. The minimum Gasteiger partial charge on any atom is -0.512 e. The van der Waals surface area contributed by atoms with E-state index in [-0.39, 0.29) is 16.4 Å². The monoisotopic (exact) mass is 292 g/mol. The van der Waals surface area contributed by atoms with E-state index in [4.69, 9.17) is 10.0 Å². The van der Waals surface area contributed by atoms with E-state index in [9.17, 15) is 8.42 Å². The number of hydrogen-bond acceptors (Lipinski definition) is 5. The third-order valence-electron chi connectivity index (χ3n) is 2.62. The number of hydrogen-bond donors (Lipinski definition) is 2. The van der Waals surface area contributed by atoms with Gasteiger partial charge in [0, 0.05) is 0 Å². The van der Waals surface area contributed by atoms with E-state index in [1.54, 1.807) is 24.3 Å². The van der Waals surface area contributed by atoms with Gasteiger partial charge in [-0.3, -0.25) is 0 Å². The molecule has 0 aliphatic rings. The van der Waals surface area contributed by atoms with Crippen LogP contribution in [0.1, 0.15) is 5.56 Å². The SMILES string of the molecule is O=S(=O)(Cc1ccccc1)c1ccc(OB(O)O)cc1. The Morgan fingerprint density at radius 2 is 1.55 bits per heavy atom. The lowest BCUT2D eigenvalue weighted by atomic mass is 10.2. The minimum absolute atomic E-state index is 0.0866. The zero-order chi connectivity index (χ0) is 14.6. The van der Waals surface area contributed by atoms with E-state index in [0.29, 0.717) is 5.56 Å². The second kappa shape index (κ2) is 6.08. The molecule has 0 aliphatic carbocycles. The molecule has 0 bridgehead atoms. The van der Waals surface area contributed by atoms with Gasteiger partial charge in [0.25, 0.3) is 0 Å². The summed E-state index contributed by atoms with van der Waals surface area (Å²) in [5.74, 6) is 0.0927. The molecule has 0 radical (unpaired) electrons.